The molecule has 3 atom stereocenters. The molecule has 4 heterocycles. The van der Waals surface area contributed by atoms with E-state index >= 15 is 4.39 Å². The van der Waals surface area contributed by atoms with E-state index in [2.05, 4.69) is 62.5 Å². The van der Waals surface area contributed by atoms with E-state index in [9.17, 15) is 19.5 Å². The number of rotatable bonds is 7. The van der Waals surface area contributed by atoms with Gasteiger partial charge in [0.25, 0.3) is 5.91 Å². The molecule has 0 aromatic heterocycles. The Kier molecular flexibility index (Phi) is 9.07. The Labute approximate surface area is 333 Å². The number of nitrogens with one attached hydrogen (secondary N) is 1. The predicted molar refractivity (Wildman–Crippen MR) is 217 cm³/mol. The Morgan fingerprint density at radius 2 is 1.54 bits per heavy atom. The van der Waals surface area contributed by atoms with Crippen molar-refractivity contribution in [1.29, 1.82) is 0 Å². The maximum Gasteiger partial charge on any atom is 0.255 e. The maximum atomic E-state index is 16.1. The lowest BCUT2D eigenvalue weighted by molar-refractivity contribution is -0.137. The van der Waals surface area contributed by atoms with Gasteiger partial charge in [0.15, 0.2) is 0 Å². The lowest BCUT2D eigenvalue weighted by atomic mass is 9.69. The molecule has 1 unspecified atom stereocenters. The van der Waals surface area contributed by atoms with Gasteiger partial charge in [-0.2, -0.15) is 0 Å². The molecule has 10 heteroatoms. The third-order valence-electron chi connectivity index (χ3n) is 14.0. The number of nitrogens with zero attached hydrogens (tertiary/aromatic N) is 4. The number of hydrogen-bond donors (Lipinski definition) is 2. The Morgan fingerprint density at radius 3 is 2.28 bits per heavy atom. The van der Waals surface area contributed by atoms with Crippen molar-refractivity contribution in [2.45, 2.75) is 74.8 Å². The lowest BCUT2D eigenvalue weighted by Crippen LogP contribution is -2.55. The van der Waals surface area contributed by atoms with Gasteiger partial charge >= 0.3 is 0 Å². The van der Waals surface area contributed by atoms with Crippen LogP contribution < -0.4 is 15.1 Å². The molecule has 1 spiro atoms. The second-order valence-corrected chi connectivity index (χ2v) is 17.2. The molecule has 0 bridgehead atoms. The van der Waals surface area contributed by atoms with Gasteiger partial charge < -0.3 is 19.8 Å². The number of phenolic OH excluding ortho intramolecular Hbond substituents is 1. The zero-order valence-corrected chi connectivity index (χ0v) is 32.3. The normalized spacial score (nSPS) is 24.8. The van der Waals surface area contributed by atoms with Crippen LogP contribution in [0.5, 0.6) is 5.75 Å². The number of piperidine rings is 2. The van der Waals surface area contributed by atoms with Gasteiger partial charge in [-0.3, -0.25) is 24.6 Å². The van der Waals surface area contributed by atoms with E-state index in [-0.39, 0.29) is 47.5 Å². The number of aryl methyl sites for hydroxylation is 1. The Balaban J connectivity index is 0.757. The number of benzene rings is 4. The van der Waals surface area contributed by atoms with Crippen molar-refractivity contribution in [3.63, 3.8) is 0 Å². The molecule has 6 aliphatic rings. The molecule has 57 heavy (non-hydrogen) atoms. The molecule has 4 aliphatic heterocycles. The smallest absolute Gasteiger partial charge is 0.255 e. The molecular weight excluding hydrogens is 718 g/mol. The number of fused-ring (bicyclic) bond motifs is 3. The van der Waals surface area contributed by atoms with Crippen LogP contribution in [-0.4, -0.2) is 84.5 Å². The summed E-state index contributed by atoms with van der Waals surface area (Å²) in [6, 6.07) is 27.7. The molecule has 1 saturated carbocycles. The fraction of sp³-hybridized carbons (Fsp3) is 0.426. The molecule has 4 aromatic rings. The molecular formula is C47H50FN5O4. The number of halogens is 1. The fourth-order valence-corrected chi connectivity index (χ4v) is 10.9. The van der Waals surface area contributed by atoms with E-state index in [1.165, 1.54) is 11.1 Å². The molecule has 9 nitrogen and oxygen atoms in total. The highest BCUT2D eigenvalue weighted by molar-refractivity contribution is 6.07. The predicted octanol–water partition coefficient (Wildman–Crippen LogP) is 6.68. The zero-order valence-electron chi connectivity index (χ0n) is 32.3. The quantitative estimate of drug-likeness (QED) is 0.203. The second-order valence-electron chi connectivity index (χ2n) is 17.2. The minimum Gasteiger partial charge on any atom is -0.508 e. The van der Waals surface area contributed by atoms with Crippen molar-refractivity contribution in [1.82, 2.24) is 15.1 Å². The third-order valence-corrected chi connectivity index (χ3v) is 14.0. The first-order chi connectivity index (χ1) is 27.8. The van der Waals surface area contributed by atoms with Crippen LogP contribution in [0.15, 0.2) is 84.9 Å². The highest BCUT2D eigenvalue weighted by atomic mass is 19.1. The molecule has 4 aromatic carbocycles. The summed E-state index contributed by atoms with van der Waals surface area (Å²) in [6.07, 6.45) is 6.21. The van der Waals surface area contributed by atoms with Crippen LogP contribution in [0, 0.1) is 11.7 Å². The number of imide groups is 1. The van der Waals surface area contributed by atoms with Crippen LogP contribution in [0.2, 0.25) is 0 Å². The fourth-order valence-electron chi connectivity index (χ4n) is 10.9. The summed E-state index contributed by atoms with van der Waals surface area (Å²) in [6.45, 7) is 6.47. The molecule has 294 valence electrons. The molecule has 2 aliphatic carbocycles. The van der Waals surface area contributed by atoms with Gasteiger partial charge in [0.2, 0.25) is 11.8 Å². The minimum absolute atomic E-state index is 0.0172. The molecule has 2 N–H and O–H groups in total. The average Bonchev–Trinajstić information content (AvgIpc) is 3.99. The summed E-state index contributed by atoms with van der Waals surface area (Å²) in [7, 11) is 0. The first-order valence-electron chi connectivity index (χ1n) is 21.0. The number of aromatic hydroxyl groups is 1. The summed E-state index contributed by atoms with van der Waals surface area (Å²) in [4.78, 5) is 47.2. The van der Waals surface area contributed by atoms with Gasteiger partial charge in [0, 0.05) is 69.4 Å². The summed E-state index contributed by atoms with van der Waals surface area (Å²) in [5.41, 5.74) is 7.69. The highest BCUT2D eigenvalue weighted by Crippen LogP contribution is 2.58. The maximum absolute atomic E-state index is 16.1. The SMILES string of the molecule is O=C1CCC(N2C(=O)c3ccc(N4CCN(CC5CCN(c6ccc([C@@H]7c8ccc(O)cc8CC[C@@H]7c7ccccc7)cc6F)CC5)CC4)cc3C23CC3)C(=O)N1. The van der Waals surface area contributed by atoms with Crippen LogP contribution in [0.4, 0.5) is 15.8 Å². The van der Waals surface area contributed by atoms with E-state index in [0.29, 0.717) is 23.6 Å². The van der Waals surface area contributed by atoms with Gasteiger partial charge in [-0.15, -0.1) is 0 Å². The van der Waals surface area contributed by atoms with Crippen LogP contribution in [0.3, 0.4) is 0 Å². The Hall–Kier alpha value is -5.22. The van der Waals surface area contributed by atoms with Gasteiger partial charge in [-0.25, -0.2) is 4.39 Å². The van der Waals surface area contributed by atoms with E-state index in [1.807, 2.05) is 30.3 Å². The van der Waals surface area contributed by atoms with Crippen LogP contribution >= 0.6 is 0 Å². The highest BCUT2D eigenvalue weighted by Gasteiger charge is 2.61. The van der Waals surface area contributed by atoms with Gasteiger partial charge in [-0.05, 0) is 127 Å². The molecule has 4 fully saturated rings. The number of piperazine rings is 1. The van der Waals surface area contributed by atoms with Crippen molar-refractivity contribution >= 4 is 29.1 Å². The van der Waals surface area contributed by atoms with E-state index in [0.717, 1.165) is 107 Å². The van der Waals surface area contributed by atoms with Gasteiger partial charge in [0.1, 0.15) is 17.6 Å². The number of carbonyl (C=O) groups excluding carboxylic acids is 3. The Morgan fingerprint density at radius 1 is 0.754 bits per heavy atom. The van der Waals surface area contributed by atoms with Crippen LogP contribution in [0.25, 0.3) is 0 Å². The third kappa shape index (κ3) is 6.46. The number of hydrogen-bond acceptors (Lipinski definition) is 7. The van der Waals surface area contributed by atoms with Crippen molar-refractivity contribution in [2.24, 2.45) is 5.92 Å². The number of phenols is 1. The number of anilines is 2. The average molecular weight is 768 g/mol. The minimum atomic E-state index is -0.598. The summed E-state index contributed by atoms with van der Waals surface area (Å²) < 4.78 is 16.1. The van der Waals surface area contributed by atoms with Crippen molar-refractivity contribution in [2.75, 3.05) is 55.6 Å². The van der Waals surface area contributed by atoms with Crippen molar-refractivity contribution in [3.05, 3.63) is 124 Å². The molecule has 3 amide bonds. The molecule has 0 radical (unpaired) electrons. The van der Waals surface area contributed by atoms with Crippen molar-refractivity contribution in [3.8, 4) is 5.75 Å². The van der Waals surface area contributed by atoms with E-state index in [4.69, 9.17) is 0 Å². The summed E-state index contributed by atoms with van der Waals surface area (Å²) in [5.74, 6) is 0.219. The second kappa shape index (κ2) is 14.3. The summed E-state index contributed by atoms with van der Waals surface area (Å²) >= 11 is 0. The summed E-state index contributed by atoms with van der Waals surface area (Å²) in [5, 5.41) is 12.7. The van der Waals surface area contributed by atoms with Gasteiger partial charge in [-0.1, -0.05) is 42.5 Å². The monoisotopic (exact) mass is 767 g/mol. The van der Waals surface area contributed by atoms with E-state index in [1.54, 1.807) is 17.0 Å². The molecule has 3 saturated heterocycles. The van der Waals surface area contributed by atoms with Crippen molar-refractivity contribution < 1.29 is 23.9 Å². The standard InChI is InChI=1S/C47H50FN5O4/c48-40-27-33(44-36(31-4-2-1-3-5-31)10-6-32-26-35(54)9-12-37(32)44)7-13-41(40)52-20-16-30(17-21-52)29-50-22-24-51(25-23-50)34-8-11-38-39(28-34)47(18-19-47)53(46(38)57)42-14-15-43(55)49-45(42)56/h1-5,7-9,11-13,26-28,30,36,42,44,54H,6,10,14-25,29H2,(H,49,55,56)/t36-,42?,44+/m1/s1. The largest absolute Gasteiger partial charge is 0.508 e. The van der Waals surface area contributed by atoms with Crippen LogP contribution in [-0.2, 0) is 21.5 Å². The Bertz CT molecular complexity index is 2230. The number of carbonyl (C=O) groups is 3. The first kappa shape index (κ1) is 36.1. The van der Waals surface area contributed by atoms with Crippen LogP contribution in [0.1, 0.15) is 95.0 Å². The topological polar surface area (TPSA) is 96.4 Å². The zero-order chi connectivity index (χ0) is 38.8. The lowest BCUT2D eigenvalue weighted by Gasteiger charge is -2.40. The molecule has 10 rings (SSSR count). The van der Waals surface area contributed by atoms with Gasteiger partial charge in [0.05, 0.1) is 11.2 Å². The number of amides is 3. The van der Waals surface area contributed by atoms with E-state index < -0.39 is 11.6 Å². The first-order valence-corrected chi connectivity index (χ1v) is 21.0.